The van der Waals surface area contributed by atoms with Gasteiger partial charge in [0.25, 0.3) is 0 Å². The van der Waals surface area contributed by atoms with E-state index in [1.807, 2.05) is 77.9 Å². The molecule has 2 aliphatic rings. The van der Waals surface area contributed by atoms with Crippen LogP contribution in [0.5, 0.6) is 0 Å². The molecular formula is C50H76N6O10S2. The van der Waals surface area contributed by atoms with Crippen molar-refractivity contribution in [2.45, 2.75) is 159 Å². The number of pyridine rings is 1. The third kappa shape index (κ3) is 15.1. The molecule has 2 fully saturated rings. The van der Waals surface area contributed by atoms with Gasteiger partial charge >= 0.3 is 12.1 Å². The van der Waals surface area contributed by atoms with E-state index < -0.39 is 72.2 Å². The van der Waals surface area contributed by atoms with Crippen LogP contribution in [-0.2, 0) is 44.6 Å². The molecule has 11 atom stereocenters. The van der Waals surface area contributed by atoms with E-state index >= 15 is 0 Å². The number of carboxylic acids is 1. The Kier molecular flexibility index (Phi) is 22.4. The Hall–Kier alpha value is -4.39. The lowest BCUT2D eigenvalue weighted by Gasteiger charge is -2.41. The zero-order valence-corrected chi connectivity index (χ0v) is 43.4. The highest BCUT2D eigenvalue weighted by atomic mass is 33.1. The molecule has 378 valence electrons. The number of likely N-dealkylation sites (tertiary alicyclic amines) is 1. The highest BCUT2D eigenvalue weighted by Crippen LogP contribution is 2.42. The Morgan fingerprint density at radius 1 is 0.853 bits per heavy atom. The van der Waals surface area contributed by atoms with Crippen molar-refractivity contribution in [2.24, 2.45) is 23.7 Å². The van der Waals surface area contributed by atoms with Crippen LogP contribution in [0.25, 0.3) is 0 Å². The van der Waals surface area contributed by atoms with E-state index in [2.05, 4.69) is 15.6 Å². The van der Waals surface area contributed by atoms with Gasteiger partial charge in [0.1, 0.15) is 29.3 Å². The number of carboxylic acid groups (broad SMARTS) is 1. The zero-order valence-electron chi connectivity index (χ0n) is 41.8. The van der Waals surface area contributed by atoms with E-state index in [0.717, 1.165) is 29.9 Å². The molecule has 1 aromatic carbocycles. The number of aliphatic carboxylic acids is 1. The molecule has 1 saturated heterocycles. The minimum absolute atomic E-state index is 0.0701. The molecule has 1 aliphatic heterocycles. The molecule has 2 aromatic rings. The molecule has 0 bridgehead atoms. The molecule has 1 saturated carbocycles. The van der Waals surface area contributed by atoms with Crippen LogP contribution in [-0.4, -0.2) is 149 Å². The molecule has 0 spiro atoms. The molecule has 0 radical (unpaired) electrons. The summed E-state index contributed by atoms with van der Waals surface area (Å²) in [7, 11) is 9.42. The molecule has 68 heavy (non-hydrogen) atoms. The summed E-state index contributed by atoms with van der Waals surface area (Å²) in [5.74, 6) is -4.29. The van der Waals surface area contributed by atoms with Crippen molar-refractivity contribution in [3.63, 3.8) is 0 Å². The third-order valence-electron chi connectivity index (χ3n) is 13.5. The van der Waals surface area contributed by atoms with Crippen molar-refractivity contribution in [3.05, 3.63) is 60.3 Å². The van der Waals surface area contributed by atoms with Gasteiger partial charge < -0.3 is 39.8 Å². The van der Waals surface area contributed by atoms with Crippen molar-refractivity contribution in [3.8, 4) is 0 Å². The highest BCUT2D eigenvalue weighted by molar-refractivity contribution is 8.76. The average molecular weight is 985 g/mol. The van der Waals surface area contributed by atoms with Crippen molar-refractivity contribution in [1.29, 1.82) is 0 Å². The maximum Gasteiger partial charge on any atom is 0.410 e. The number of hydrogen-bond donors (Lipinski definition) is 3. The summed E-state index contributed by atoms with van der Waals surface area (Å²) in [5.41, 5.74) is 0.769. The molecular weight excluding hydrogens is 909 g/mol. The van der Waals surface area contributed by atoms with Gasteiger partial charge in [0.2, 0.25) is 23.6 Å². The molecule has 1 aliphatic carbocycles. The van der Waals surface area contributed by atoms with Crippen LogP contribution in [0.4, 0.5) is 4.79 Å². The van der Waals surface area contributed by atoms with Crippen LogP contribution < -0.4 is 10.6 Å². The number of amides is 5. The minimum atomic E-state index is -1.15. The van der Waals surface area contributed by atoms with Crippen LogP contribution in [0.2, 0.25) is 0 Å². The molecule has 2 heterocycles. The van der Waals surface area contributed by atoms with E-state index in [0.29, 0.717) is 25.8 Å². The number of carbonyl (C=O) groups excluding carboxylic acids is 5. The number of nitrogens with zero attached hydrogens (tertiary/aromatic N) is 4. The summed E-state index contributed by atoms with van der Waals surface area (Å²) < 4.78 is 18.0. The second-order valence-corrected chi connectivity index (χ2v) is 21.4. The predicted octanol–water partition coefficient (Wildman–Crippen LogP) is 6.71. The summed E-state index contributed by atoms with van der Waals surface area (Å²) in [6.07, 6.45) is 3.82. The van der Waals surface area contributed by atoms with Crippen LogP contribution in [0, 0.1) is 23.7 Å². The smallest absolute Gasteiger partial charge is 0.410 e. The molecule has 18 heteroatoms. The Bertz CT molecular complexity index is 1950. The quantitative estimate of drug-likeness (QED) is 0.0889. The molecule has 16 nitrogen and oxygen atoms in total. The second kappa shape index (κ2) is 27.1. The summed E-state index contributed by atoms with van der Waals surface area (Å²) >= 11 is 0. The Labute approximate surface area is 411 Å². The first-order valence-electron chi connectivity index (χ1n) is 24.0. The lowest BCUT2D eigenvalue weighted by atomic mass is 9.89. The first kappa shape index (κ1) is 56.2. The van der Waals surface area contributed by atoms with Crippen LogP contribution in [0.15, 0.2) is 59.8 Å². The van der Waals surface area contributed by atoms with Crippen molar-refractivity contribution < 1.29 is 48.1 Å². The zero-order chi connectivity index (χ0) is 50.2. The Morgan fingerprint density at radius 3 is 2.13 bits per heavy atom. The first-order chi connectivity index (χ1) is 32.3. The number of methoxy groups -OCH3 is 2. The molecule has 4 rings (SSSR count). The van der Waals surface area contributed by atoms with E-state index in [1.54, 1.807) is 70.7 Å². The predicted molar refractivity (Wildman–Crippen MR) is 265 cm³/mol. The SMILES string of the molecule is CC[C@H](C)[C@@H]([C@@H](CC(=O)N1CCCC1[C@H](OC)[C@@H](C)C(=O)N[C@@H](Cc1ccccc1)C(=O)O)OC)N(C)C(=O)[C@@H](NC(=O)[C@H](C(C)C)N(C)C(=O)O[C@@H]1CCC[C@H]1SSc1ccccn1)C(C)C. The number of nitrogens with one attached hydrogen (secondary N) is 2. The van der Waals surface area contributed by atoms with E-state index in [1.165, 1.54) is 19.1 Å². The van der Waals surface area contributed by atoms with Gasteiger partial charge in [-0.05, 0) is 78.3 Å². The topological polar surface area (TPSA) is 197 Å². The lowest BCUT2D eigenvalue weighted by molar-refractivity contribution is -0.148. The highest BCUT2D eigenvalue weighted by Gasteiger charge is 2.44. The monoisotopic (exact) mass is 985 g/mol. The van der Waals surface area contributed by atoms with Crippen molar-refractivity contribution in [1.82, 2.24) is 30.3 Å². The molecule has 3 N–H and O–H groups in total. The van der Waals surface area contributed by atoms with Gasteiger partial charge in [-0.25, -0.2) is 14.6 Å². The standard InChI is InChI=1S/C50H76N6O10S2/c1-12-32(6)44(38(64-10)29-41(57)56-27-19-22-36(56)45(65-11)33(7)46(58)52-35(49(61)62)28-34-20-14-13-15-21-34)54(8)48(60)42(30(2)3)53-47(59)43(31(4)5)55(9)50(63)66-37-23-18-24-39(37)67-68-40-25-16-17-26-51-40/h13-17,20-21,25-26,30-33,35-39,42-45H,12,18-19,22-24,27-29H2,1-11H3,(H,52,58)(H,53,59)(H,61,62)/t32-,33+,35-,36?,37+,38+,39+,42-,43-,44-,45+/m0/s1. The van der Waals surface area contributed by atoms with Gasteiger partial charge in [-0.1, -0.05) is 102 Å². The van der Waals surface area contributed by atoms with E-state index in [9.17, 15) is 33.9 Å². The number of rotatable bonds is 25. The summed E-state index contributed by atoms with van der Waals surface area (Å²) in [5, 5.41) is 16.6. The fraction of sp³-hybridized carbons (Fsp3) is 0.660. The van der Waals surface area contributed by atoms with Gasteiger partial charge in [-0.3, -0.25) is 24.1 Å². The second-order valence-electron chi connectivity index (χ2n) is 18.9. The minimum Gasteiger partial charge on any atom is -0.480 e. The Balaban J connectivity index is 1.44. The molecule has 5 amide bonds. The van der Waals surface area contributed by atoms with Gasteiger partial charge in [-0.15, -0.1) is 0 Å². The van der Waals surface area contributed by atoms with Crippen LogP contribution in [0.1, 0.15) is 99.0 Å². The summed E-state index contributed by atoms with van der Waals surface area (Å²) in [6.45, 7) is 13.5. The maximum absolute atomic E-state index is 14.7. The number of aromatic nitrogens is 1. The van der Waals surface area contributed by atoms with E-state index in [4.69, 9.17) is 14.2 Å². The fourth-order valence-electron chi connectivity index (χ4n) is 9.53. The maximum atomic E-state index is 14.7. The number of carbonyl (C=O) groups is 6. The summed E-state index contributed by atoms with van der Waals surface area (Å²) in [6, 6.07) is 10.7. The first-order valence-corrected chi connectivity index (χ1v) is 26.2. The van der Waals surface area contributed by atoms with Crippen molar-refractivity contribution >= 4 is 57.3 Å². The summed E-state index contributed by atoms with van der Waals surface area (Å²) in [4.78, 5) is 91.8. The third-order valence-corrected chi connectivity index (χ3v) is 16.4. The lowest BCUT2D eigenvalue weighted by Crippen LogP contribution is -2.60. The van der Waals surface area contributed by atoms with Gasteiger partial charge in [-0.2, -0.15) is 0 Å². The molecule has 1 unspecified atom stereocenters. The average Bonchev–Trinajstić information content (AvgIpc) is 3.99. The molecule has 1 aromatic heterocycles. The number of hydrogen-bond acceptors (Lipinski definition) is 12. The van der Waals surface area contributed by atoms with Crippen molar-refractivity contribution in [2.75, 3.05) is 34.9 Å². The number of ether oxygens (including phenoxy) is 3. The van der Waals surface area contributed by atoms with Gasteiger partial charge in [0.15, 0.2) is 0 Å². The van der Waals surface area contributed by atoms with E-state index in [-0.39, 0.29) is 53.8 Å². The van der Waals surface area contributed by atoms with Gasteiger partial charge in [0, 0.05) is 47.5 Å². The normalized spacial score (nSPS) is 20.7. The largest absolute Gasteiger partial charge is 0.480 e. The van der Waals surface area contributed by atoms with Crippen LogP contribution >= 0.6 is 21.6 Å². The fourth-order valence-corrected chi connectivity index (χ4v) is 12.2. The van der Waals surface area contributed by atoms with Gasteiger partial charge in [0.05, 0.1) is 41.9 Å². The number of benzene rings is 1. The number of likely N-dealkylation sites (N-methyl/N-ethyl adjacent to an activating group) is 2. The Morgan fingerprint density at radius 2 is 1.54 bits per heavy atom. The van der Waals surface area contributed by atoms with Crippen LogP contribution in [0.3, 0.4) is 0 Å².